The summed E-state index contributed by atoms with van der Waals surface area (Å²) in [6.45, 7) is 4.38. The predicted molar refractivity (Wildman–Crippen MR) is 123 cm³/mol. The number of likely N-dealkylation sites (tertiary alicyclic amines) is 1. The smallest absolute Gasteiger partial charge is 0.255 e. The van der Waals surface area contributed by atoms with Crippen molar-refractivity contribution in [3.8, 4) is 11.8 Å². The molecule has 4 rings (SSSR count). The molecule has 0 saturated carbocycles. The highest BCUT2D eigenvalue weighted by Crippen LogP contribution is 2.32. The molecule has 4 heterocycles. The number of carbonyl (C=O) groups is 2. The van der Waals surface area contributed by atoms with Crippen molar-refractivity contribution in [2.24, 2.45) is 5.73 Å². The van der Waals surface area contributed by atoms with Crippen LogP contribution in [0.1, 0.15) is 34.1 Å². The predicted octanol–water partition coefficient (Wildman–Crippen LogP) is 1.05. The van der Waals surface area contributed by atoms with Crippen LogP contribution in [-0.2, 0) is 9.53 Å². The molecule has 1 aliphatic heterocycles. The van der Waals surface area contributed by atoms with Gasteiger partial charge in [-0.3, -0.25) is 9.59 Å². The zero-order valence-corrected chi connectivity index (χ0v) is 18.5. The summed E-state index contributed by atoms with van der Waals surface area (Å²) in [6.07, 6.45) is 5.41. The summed E-state index contributed by atoms with van der Waals surface area (Å²) >= 11 is 0. The molecule has 10 heteroatoms. The van der Waals surface area contributed by atoms with E-state index >= 15 is 0 Å². The van der Waals surface area contributed by atoms with Crippen LogP contribution in [0.4, 0.5) is 5.82 Å². The highest BCUT2D eigenvalue weighted by molar-refractivity contribution is 6.00. The first-order chi connectivity index (χ1) is 16.0. The summed E-state index contributed by atoms with van der Waals surface area (Å²) in [5, 5.41) is 11.8. The lowest BCUT2D eigenvalue weighted by molar-refractivity contribution is -0.127. The maximum absolute atomic E-state index is 12.3. The highest BCUT2D eigenvalue weighted by atomic mass is 16.5. The van der Waals surface area contributed by atoms with Crippen LogP contribution in [-0.4, -0.2) is 69.5 Å². The fraction of sp³-hybridized carbons (Fsp3) is 0.304. The van der Waals surface area contributed by atoms with E-state index in [-0.39, 0.29) is 29.2 Å². The van der Waals surface area contributed by atoms with Crippen LogP contribution < -0.4 is 11.1 Å². The quantitative estimate of drug-likeness (QED) is 0.431. The zero-order chi connectivity index (χ0) is 23.5. The Morgan fingerprint density at radius 1 is 1.39 bits per heavy atom. The largest absolute Gasteiger partial charge is 0.383 e. The summed E-state index contributed by atoms with van der Waals surface area (Å²) in [5.41, 5.74) is 7.84. The van der Waals surface area contributed by atoms with Crippen LogP contribution in [0.3, 0.4) is 0 Å². The van der Waals surface area contributed by atoms with Crippen LogP contribution in [0.25, 0.3) is 5.52 Å². The van der Waals surface area contributed by atoms with Crippen LogP contribution in [0, 0.1) is 11.8 Å². The molecule has 0 unspecified atom stereocenters. The Kier molecular flexibility index (Phi) is 6.15. The van der Waals surface area contributed by atoms with Gasteiger partial charge in [-0.1, -0.05) is 12.5 Å². The Morgan fingerprint density at radius 3 is 2.91 bits per heavy atom. The van der Waals surface area contributed by atoms with Crippen LogP contribution in [0.2, 0.25) is 0 Å². The molecular formula is C23H25N7O3. The standard InChI is InChI=1S/C23H25N7O3/c1-4-20(31)28-13-17(12-18(28)14-33-3)30-23(25-2)21(22(24)32)19(27-30)6-5-15-8-10-29-16(11-15)7-9-26-29/h4,7-11,17-18,25H,1,12-14H2,2-3H3,(H2,24,32)/t17-,18+/m0/s1. The van der Waals surface area contributed by atoms with Crippen molar-refractivity contribution in [3.63, 3.8) is 0 Å². The first kappa shape index (κ1) is 22.1. The minimum atomic E-state index is -0.633. The minimum Gasteiger partial charge on any atom is -0.383 e. The molecule has 1 fully saturated rings. The van der Waals surface area contributed by atoms with E-state index in [1.165, 1.54) is 6.08 Å². The van der Waals surface area contributed by atoms with Crippen molar-refractivity contribution in [1.82, 2.24) is 24.3 Å². The highest BCUT2D eigenvalue weighted by Gasteiger charge is 2.37. The minimum absolute atomic E-state index is 0.131. The first-order valence-corrected chi connectivity index (χ1v) is 10.4. The fourth-order valence-corrected chi connectivity index (χ4v) is 4.20. The van der Waals surface area contributed by atoms with Crippen LogP contribution in [0.5, 0.6) is 0 Å². The molecule has 3 aromatic rings. The number of primary amides is 1. The van der Waals surface area contributed by atoms with Gasteiger partial charge in [-0.15, -0.1) is 0 Å². The molecule has 0 aliphatic carbocycles. The monoisotopic (exact) mass is 447 g/mol. The maximum atomic E-state index is 12.3. The molecule has 0 bridgehead atoms. The third-order valence-electron chi connectivity index (χ3n) is 5.67. The van der Waals surface area contributed by atoms with Crippen molar-refractivity contribution >= 4 is 23.1 Å². The Balaban J connectivity index is 1.72. The van der Waals surface area contributed by atoms with Gasteiger partial charge in [0.25, 0.3) is 5.91 Å². The summed E-state index contributed by atoms with van der Waals surface area (Å²) in [4.78, 5) is 26.4. The van der Waals surface area contributed by atoms with Gasteiger partial charge in [0.15, 0.2) is 5.69 Å². The van der Waals surface area contributed by atoms with E-state index in [0.29, 0.717) is 25.4 Å². The fourth-order valence-electron chi connectivity index (χ4n) is 4.20. The Labute approximate surface area is 191 Å². The number of ether oxygens (including phenoxy) is 1. The van der Waals surface area contributed by atoms with Gasteiger partial charge in [-0.2, -0.15) is 10.2 Å². The van der Waals surface area contributed by atoms with Gasteiger partial charge in [-0.25, -0.2) is 9.20 Å². The Bertz CT molecular complexity index is 1280. The number of hydrogen-bond donors (Lipinski definition) is 2. The molecule has 0 aromatic carbocycles. The molecule has 0 radical (unpaired) electrons. The number of nitrogens with zero attached hydrogens (tertiary/aromatic N) is 5. The molecule has 3 aromatic heterocycles. The van der Waals surface area contributed by atoms with Gasteiger partial charge in [0.2, 0.25) is 5.91 Å². The number of fused-ring (bicyclic) bond motifs is 1. The third kappa shape index (κ3) is 4.18. The summed E-state index contributed by atoms with van der Waals surface area (Å²) < 4.78 is 8.73. The number of pyridine rings is 1. The van der Waals surface area contributed by atoms with E-state index in [0.717, 1.165) is 11.1 Å². The molecule has 10 nitrogen and oxygen atoms in total. The normalized spacial score (nSPS) is 17.6. The number of rotatable bonds is 6. The second kappa shape index (κ2) is 9.18. The number of nitrogens with two attached hydrogens (primary N) is 1. The van der Waals surface area contributed by atoms with Crippen molar-refractivity contribution < 1.29 is 14.3 Å². The molecule has 33 heavy (non-hydrogen) atoms. The van der Waals surface area contributed by atoms with Crippen molar-refractivity contribution in [3.05, 3.63) is 60.1 Å². The lowest BCUT2D eigenvalue weighted by Gasteiger charge is -2.22. The average Bonchev–Trinajstić information content (AvgIpc) is 3.53. The summed E-state index contributed by atoms with van der Waals surface area (Å²) in [5.74, 6) is 5.71. The van der Waals surface area contributed by atoms with E-state index in [1.54, 1.807) is 34.5 Å². The van der Waals surface area contributed by atoms with Gasteiger partial charge < -0.3 is 20.7 Å². The molecule has 1 saturated heterocycles. The summed E-state index contributed by atoms with van der Waals surface area (Å²) in [7, 11) is 3.29. The van der Waals surface area contributed by atoms with Crippen molar-refractivity contribution in [2.75, 3.05) is 32.6 Å². The van der Waals surface area contributed by atoms with E-state index < -0.39 is 5.91 Å². The molecule has 1 aliphatic rings. The average molecular weight is 447 g/mol. The molecule has 3 N–H and O–H groups in total. The maximum Gasteiger partial charge on any atom is 0.255 e. The number of aromatic nitrogens is 4. The van der Waals surface area contributed by atoms with Gasteiger partial charge in [0, 0.05) is 38.7 Å². The third-order valence-corrected chi connectivity index (χ3v) is 5.67. The topological polar surface area (TPSA) is 120 Å². The molecule has 2 atom stereocenters. The van der Waals surface area contributed by atoms with E-state index in [9.17, 15) is 9.59 Å². The van der Waals surface area contributed by atoms with Gasteiger partial charge in [0.05, 0.1) is 24.2 Å². The van der Waals surface area contributed by atoms with Gasteiger partial charge in [-0.05, 0) is 36.6 Å². The number of nitrogens with one attached hydrogen (secondary N) is 1. The lowest BCUT2D eigenvalue weighted by Crippen LogP contribution is -2.37. The lowest BCUT2D eigenvalue weighted by atomic mass is 10.1. The van der Waals surface area contributed by atoms with Gasteiger partial charge >= 0.3 is 0 Å². The zero-order valence-electron chi connectivity index (χ0n) is 18.5. The van der Waals surface area contributed by atoms with Crippen LogP contribution >= 0.6 is 0 Å². The van der Waals surface area contributed by atoms with Gasteiger partial charge in [0.1, 0.15) is 11.4 Å². The Morgan fingerprint density at radius 2 is 2.21 bits per heavy atom. The number of hydrogen-bond acceptors (Lipinski definition) is 6. The number of amides is 2. The molecular weight excluding hydrogens is 422 g/mol. The van der Waals surface area contributed by atoms with E-state index in [1.807, 2.05) is 24.4 Å². The Hall–Kier alpha value is -4.10. The number of methoxy groups -OCH3 is 1. The van der Waals surface area contributed by atoms with E-state index in [2.05, 4.69) is 33.9 Å². The SMILES string of the molecule is C=CC(=O)N1C[C@@H](n2nc(C#Cc3ccn4nccc4c3)c(C(N)=O)c2NC)C[C@@H]1COC. The summed E-state index contributed by atoms with van der Waals surface area (Å²) in [6, 6.07) is 5.28. The number of carbonyl (C=O) groups excluding carboxylic acids is 2. The molecule has 170 valence electrons. The first-order valence-electron chi connectivity index (χ1n) is 10.4. The van der Waals surface area contributed by atoms with E-state index in [4.69, 9.17) is 10.5 Å². The second-order valence-corrected chi connectivity index (χ2v) is 7.69. The second-order valence-electron chi connectivity index (χ2n) is 7.69. The van der Waals surface area contributed by atoms with Crippen molar-refractivity contribution in [2.45, 2.75) is 18.5 Å². The molecule has 0 spiro atoms. The van der Waals surface area contributed by atoms with Crippen molar-refractivity contribution in [1.29, 1.82) is 0 Å². The van der Waals surface area contributed by atoms with Crippen LogP contribution in [0.15, 0.2) is 43.2 Å². The number of anilines is 1. The molecule has 2 amide bonds.